The van der Waals surface area contributed by atoms with Crippen LogP contribution in [0.1, 0.15) is 28.3 Å². The summed E-state index contributed by atoms with van der Waals surface area (Å²) in [5.41, 5.74) is 5.29. The van der Waals surface area contributed by atoms with Gasteiger partial charge in [0.2, 0.25) is 0 Å². The highest BCUT2D eigenvalue weighted by atomic mass is 16.5. The van der Waals surface area contributed by atoms with Crippen molar-refractivity contribution in [3.8, 4) is 5.75 Å². The van der Waals surface area contributed by atoms with E-state index in [2.05, 4.69) is 54.7 Å². The zero-order valence-electron chi connectivity index (χ0n) is 12.1. The molecule has 1 unspecified atom stereocenters. The van der Waals surface area contributed by atoms with Crippen LogP contribution in [0.15, 0.2) is 42.5 Å². The molecule has 0 aliphatic carbocycles. The Kier molecular flexibility index (Phi) is 3.75. The first-order valence-corrected chi connectivity index (χ1v) is 7.25. The van der Waals surface area contributed by atoms with Crippen molar-refractivity contribution in [1.82, 2.24) is 5.32 Å². The monoisotopic (exact) mass is 267 g/mol. The van der Waals surface area contributed by atoms with Gasteiger partial charge in [-0.2, -0.15) is 0 Å². The van der Waals surface area contributed by atoms with Gasteiger partial charge in [0.1, 0.15) is 5.75 Å². The molecule has 0 bridgehead atoms. The number of nitrogens with one attached hydrogen (secondary N) is 1. The van der Waals surface area contributed by atoms with E-state index < -0.39 is 0 Å². The maximum atomic E-state index is 5.83. The average Bonchev–Trinajstić information content (AvgIpc) is 2.93. The van der Waals surface area contributed by atoms with Crippen LogP contribution >= 0.6 is 0 Å². The van der Waals surface area contributed by atoms with Crippen molar-refractivity contribution in [1.29, 1.82) is 0 Å². The molecule has 0 aromatic heterocycles. The van der Waals surface area contributed by atoms with Crippen LogP contribution in [-0.4, -0.2) is 13.7 Å². The number of hydrogen-bond acceptors (Lipinski definition) is 2. The van der Waals surface area contributed by atoms with Gasteiger partial charge < -0.3 is 10.1 Å². The second kappa shape index (κ2) is 5.68. The molecular weight excluding hydrogens is 246 g/mol. The van der Waals surface area contributed by atoms with E-state index in [0.29, 0.717) is 6.04 Å². The van der Waals surface area contributed by atoms with Gasteiger partial charge in [0.15, 0.2) is 0 Å². The van der Waals surface area contributed by atoms with Gasteiger partial charge in [-0.15, -0.1) is 0 Å². The van der Waals surface area contributed by atoms with Crippen LogP contribution in [0.5, 0.6) is 5.75 Å². The molecule has 1 atom stereocenters. The van der Waals surface area contributed by atoms with Crippen molar-refractivity contribution in [3.05, 3.63) is 64.7 Å². The SMILES string of the molecule is CNC(Cc1cccc(C)c1)c1cccc2c1OCC2. The number of para-hydroxylation sites is 1. The number of aryl methyl sites for hydroxylation is 1. The summed E-state index contributed by atoms with van der Waals surface area (Å²) in [6, 6.07) is 15.5. The van der Waals surface area contributed by atoms with Crippen LogP contribution in [-0.2, 0) is 12.8 Å². The second-order valence-corrected chi connectivity index (χ2v) is 5.47. The lowest BCUT2D eigenvalue weighted by Gasteiger charge is -2.19. The van der Waals surface area contributed by atoms with E-state index in [1.807, 2.05) is 7.05 Å². The fourth-order valence-corrected chi connectivity index (χ4v) is 2.96. The summed E-state index contributed by atoms with van der Waals surface area (Å²) in [6.07, 6.45) is 2.02. The summed E-state index contributed by atoms with van der Waals surface area (Å²) in [6.45, 7) is 2.95. The van der Waals surface area contributed by atoms with Crippen LogP contribution in [0.2, 0.25) is 0 Å². The van der Waals surface area contributed by atoms with Crippen molar-refractivity contribution < 1.29 is 4.74 Å². The minimum Gasteiger partial charge on any atom is -0.493 e. The Morgan fingerprint density at radius 1 is 1.20 bits per heavy atom. The highest BCUT2D eigenvalue weighted by Gasteiger charge is 2.21. The number of ether oxygens (including phenoxy) is 1. The Bertz CT molecular complexity index is 606. The molecule has 0 saturated heterocycles. The van der Waals surface area contributed by atoms with Crippen LogP contribution in [0.3, 0.4) is 0 Å². The molecule has 1 aliphatic rings. The van der Waals surface area contributed by atoms with E-state index in [9.17, 15) is 0 Å². The van der Waals surface area contributed by atoms with Gasteiger partial charge in [-0.05, 0) is 31.5 Å². The summed E-state index contributed by atoms with van der Waals surface area (Å²) in [5, 5.41) is 3.44. The number of rotatable bonds is 4. The van der Waals surface area contributed by atoms with Crippen LogP contribution in [0.25, 0.3) is 0 Å². The molecule has 2 aromatic rings. The quantitative estimate of drug-likeness (QED) is 0.916. The molecule has 3 rings (SSSR count). The first-order valence-electron chi connectivity index (χ1n) is 7.25. The number of hydrogen-bond donors (Lipinski definition) is 1. The zero-order valence-corrected chi connectivity index (χ0v) is 12.1. The first kappa shape index (κ1) is 13.2. The maximum absolute atomic E-state index is 5.83. The second-order valence-electron chi connectivity index (χ2n) is 5.47. The van der Waals surface area contributed by atoms with Gasteiger partial charge in [-0.25, -0.2) is 0 Å². The standard InChI is InChI=1S/C18H21NO/c1-13-5-3-6-14(11-13)12-17(19-2)16-8-4-7-15-9-10-20-18(15)16/h3-8,11,17,19H,9-10,12H2,1-2H3. The van der Waals surface area contributed by atoms with E-state index in [-0.39, 0.29) is 0 Å². The summed E-state index contributed by atoms with van der Waals surface area (Å²) in [4.78, 5) is 0. The molecule has 0 fully saturated rings. The predicted molar refractivity (Wildman–Crippen MR) is 82.3 cm³/mol. The minimum absolute atomic E-state index is 0.296. The van der Waals surface area contributed by atoms with E-state index in [4.69, 9.17) is 4.74 Å². The third-order valence-corrected chi connectivity index (χ3v) is 3.99. The smallest absolute Gasteiger partial charge is 0.127 e. The van der Waals surface area contributed by atoms with Gasteiger partial charge in [0.25, 0.3) is 0 Å². The fraction of sp³-hybridized carbons (Fsp3) is 0.333. The first-order chi connectivity index (χ1) is 9.78. The third-order valence-electron chi connectivity index (χ3n) is 3.99. The molecule has 104 valence electrons. The maximum Gasteiger partial charge on any atom is 0.127 e. The predicted octanol–water partition coefficient (Wildman–Crippen LogP) is 3.43. The lowest BCUT2D eigenvalue weighted by atomic mass is 9.95. The zero-order chi connectivity index (χ0) is 13.9. The Hall–Kier alpha value is -1.80. The molecule has 0 saturated carbocycles. The lowest BCUT2D eigenvalue weighted by molar-refractivity contribution is 0.349. The van der Waals surface area contributed by atoms with Crippen LogP contribution in [0.4, 0.5) is 0 Å². The molecule has 1 N–H and O–H groups in total. The molecule has 0 amide bonds. The van der Waals surface area contributed by atoms with E-state index in [1.54, 1.807) is 0 Å². The molecular formula is C18H21NO. The van der Waals surface area contributed by atoms with Crippen LogP contribution < -0.4 is 10.1 Å². The average molecular weight is 267 g/mol. The van der Waals surface area contributed by atoms with Crippen molar-refractivity contribution in [2.24, 2.45) is 0 Å². The topological polar surface area (TPSA) is 21.3 Å². The molecule has 0 spiro atoms. The normalized spacial score (nSPS) is 14.7. The van der Waals surface area contributed by atoms with Gasteiger partial charge in [0, 0.05) is 18.0 Å². The molecule has 2 aromatic carbocycles. The largest absolute Gasteiger partial charge is 0.493 e. The number of likely N-dealkylation sites (N-methyl/N-ethyl adjacent to an activating group) is 1. The Balaban J connectivity index is 1.89. The lowest BCUT2D eigenvalue weighted by Crippen LogP contribution is -2.19. The Morgan fingerprint density at radius 3 is 2.85 bits per heavy atom. The van der Waals surface area contributed by atoms with Gasteiger partial charge in [-0.1, -0.05) is 48.0 Å². The van der Waals surface area contributed by atoms with E-state index >= 15 is 0 Å². The van der Waals surface area contributed by atoms with E-state index in [1.165, 1.54) is 22.3 Å². The molecule has 0 radical (unpaired) electrons. The summed E-state index contributed by atoms with van der Waals surface area (Å²) < 4.78 is 5.83. The van der Waals surface area contributed by atoms with Crippen molar-refractivity contribution in [2.45, 2.75) is 25.8 Å². The van der Waals surface area contributed by atoms with Crippen molar-refractivity contribution in [2.75, 3.05) is 13.7 Å². The van der Waals surface area contributed by atoms with Gasteiger partial charge >= 0.3 is 0 Å². The summed E-state index contributed by atoms with van der Waals surface area (Å²) in [7, 11) is 2.02. The van der Waals surface area contributed by atoms with Crippen LogP contribution in [0, 0.1) is 6.92 Å². The Morgan fingerprint density at radius 2 is 2.05 bits per heavy atom. The van der Waals surface area contributed by atoms with Gasteiger partial charge in [0.05, 0.1) is 6.61 Å². The number of fused-ring (bicyclic) bond motifs is 1. The third kappa shape index (κ3) is 2.56. The summed E-state index contributed by atoms with van der Waals surface area (Å²) in [5.74, 6) is 1.10. The van der Waals surface area contributed by atoms with E-state index in [0.717, 1.165) is 25.2 Å². The molecule has 2 heteroatoms. The highest BCUT2D eigenvalue weighted by Crippen LogP contribution is 2.34. The van der Waals surface area contributed by atoms with Crippen molar-refractivity contribution >= 4 is 0 Å². The molecule has 1 heterocycles. The molecule has 20 heavy (non-hydrogen) atoms. The summed E-state index contributed by atoms with van der Waals surface area (Å²) >= 11 is 0. The fourth-order valence-electron chi connectivity index (χ4n) is 2.96. The highest BCUT2D eigenvalue weighted by molar-refractivity contribution is 5.46. The molecule has 2 nitrogen and oxygen atoms in total. The Labute approximate surface area is 120 Å². The molecule has 1 aliphatic heterocycles. The van der Waals surface area contributed by atoms with Gasteiger partial charge in [-0.3, -0.25) is 0 Å². The van der Waals surface area contributed by atoms with Crippen molar-refractivity contribution in [3.63, 3.8) is 0 Å². The number of benzene rings is 2. The minimum atomic E-state index is 0.296.